The summed E-state index contributed by atoms with van der Waals surface area (Å²) < 4.78 is 0. The SMILES string of the molecule is Cc1ccc(-c2n[nH]c(CCCCCN)n2)cc1. The van der Waals surface area contributed by atoms with Crippen molar-refractivity contribution in [3.8, 4) is 11.4 Å². The summed E-state index contributed by atoms with van der Waals surface area (Å²) >= 11 is 0. The van der Waals surface area contributed by atoms with Crippen molar-refractivity contribution < 1.29 is 0 Å². The highest BCUT2D eigenvalue weighted by molar-refractivity contribution is 5.54. The lowest BCUT2D eigenvalue weighted by Crippen LogP contribution is -1.98. The molecular formula is C14H20N4. The molecule has 0 atom stereocenters. The number of hydrogen-bond donors (Lipinski definition) is 2. The number of H-pyrrole nitrogens is 1. The minimum absolute atomic E-state index is 0.769. The summed E-state index contributed by atoms with van der Waals surface area (Å²) in [6, 6.07) is 8.26. The average molecular weight is 244 g/mol. The van der Waals surface area contributed by atoms with Crippen LogP contribution in [0.25, 0.3) is 11.4 Å². The number of nitrogens with zero attached hydrogens (tertiary/aromatic N) is 2. The summed E-state index contributed by atoms with van der Waals surface area (Å²) in [7, 11) is 0. The van der Waals surface area contributed by atoms with Crippen molar-refractivity contribution >= 4 is 0 Å². The predicted molar refractivity (Wildman–Crippen MR) is 73.2 cm³/mol. The Morgan fingerprint density at radius 3 is 2.61 bits per heavy atom. The first kappa shape index (κ1) is 12.8. The van der Waals surface area contributed by atoms with Gasteiger partial charge >= 0.3 is 0 Å². The Balaban J connectivity index is 1.95. The fourth-order valence-corrected chi connectivity index (χ4v) is 1.85. The van der Waals surface area contributed by atoms with Gasteiger partial charge in [-0.1, -0.05) is 36.2 Å². The van der Waals surface area contributed by atoms with Gasteiger partial charge in [0.2, 0.25) is 0 Å². The van der Waals surface area contributed by atoms with Gasteiger partial charge in [-0.15, -0.1) is 0 Å². The molecule has 0 amide bonds. The van der Waals surface area contributed by atoms with E-state index in [4.69, 9.17) is 5.73 Å². The van der Waals surface area contributed by atoms with Crippen LogP contribution in [0.5, 0.6) is 0 Å². The van der Waals surface area contributed by atoms with E-state index in [1.165, 1.54) is 5.56 Å². The molecule has 0 saturated carbocycles. The molecule has 1 aromatic heterocycles. The Bertz CT molecular complexity index is 473. The first-order valence-corrected chi connectivity index (χ1v) is 6.48. The van der Waals surface area contributed by atoms with Gasteiger partial charge in [0, 0.05) is 12.0 Å². The molecule has 0 fully saturated rings. The lowest BCUT2D eigenvalue weighted by Gasteiger charge is -1.96. The molecule has 0 aliphatic carbocycles. The molecule has 4 heteroatoms. The van der Waals surface area contributed by atoms with Crippen molar-refractivity contribution in [2.45, 2.75) is 32.6 Å². The summed E-state index contributed by atoms with van der Waals surface area (Å²) in [6.07, 6.45) is 4.29. The highest BCUT2D eigenvalue weighted by atomic mass is 15.2. The molecule has 2 rings (SSSR count). The van der Waals surface area contributed by atoms with Crippen LogP contribution in [-0.4, -0.2) is 21.7 Å². The maximum absolute atomic E-state index is 5.46. The van der Waals surface area contributed by atoms with E-state index in [0.717, 1.165) is 49.4 Å². The van der Waals surface area contributed by atoms with E-state index in [0.29, 0.717) is 0 Å². The first-order chi connectivity index (χ1) is 8.79. The molecule has 0 saturated heterocycles. The normalized spacial score (nSPS) is 10.8. The van der Waals surface area contributed by atoms with Crippen molar-refractivity contribution in [1.82, 2.24) is 15.2 Å². The van der Waals surface area contributed by atoms with Crippen LogP contribution in [0.1, 0.15) is 30.7 Å². The lowest BCUT2D eigenvalue weighted by molar-refractivity contribution is 0.670. The number of aryl methyl sites for hydroxylation is 2. The Labute approximate surface area is 108 Å². The maximum Gasteiger partial charge on any atom is 0.181 e. The van der Waals surface area contributed by atoms with Crippen LogP contribution < -0.4 is 5.73 Å². The van der Waals surface area contributed by atoms with Crippen molar-refractivity contribution in [2.24, 2.45) is 5.73 Å². The molecule has 4 nitrogen and oxygen atoms in total. The maximum atomic E-state index is 5.46. The van der Waals surface area contributed by atoms with E-state index in [1.54, 1.807) is 0 Å². The molecule has 0 unspecified atom stereocenters. The second-order valence-electron chi connectivity index (χ2n) is 4.57. The standard InChI is InChI=1S/C14H20N4/c1-11-6-8-12(9-7-11)14-16-13(17-18-14)5-3-2-4-10-15/h6-9H,2-5,10,15H2,1H3,(H,16,17,18). The van der Waals surface area contributed by atoms with E-state index in [9.17, 15) is 0 Å². The summed E-state index contributed by atoms with van der Waals surface area (Å²) in [6.45, 7) is 2.84. The minimum atomic E-state index is 0.769. The van der Waals surface area contributed by atoms with E-state index < -0.39 is 0 Å². The van der Waals surface area contributed by atoms with Crippen molar-refractivity contribution in [1.29, 1.82) is 0 Å². The molecule has 96 valence electrons. The number of hydrogen-bond acceptors (Lipinski definition) is 3. The molecule has 0 radical (unpaired) electrons. The number of unbranched alkanes of at least 4 members (excludes halogenated alkanes) is 2. The van der Waals surface area contributed by atoms with Gasteiger partial charge in [0.15, 0.2) is 5.82 Å². The number of rotatable bonds is 6. The van der Waals surface area contributed by atoms with Gasteiger partial charge < -0.3 is 5.73 Å². The minimum Gasteiger partial charge on any atom is -0.330 e. The van der Waals surface area contributed by atoms with Crippen LogP contribution >= 0.6 is 0 Å². The fraction of sp³-hybridized carbons (Fsp3) is 0.429. The molecule has 0 aliphatic heterocycles. The van der Waals surface area contributed by atoms with E-state index in [1.807, 2.05) is 0 Å². The topological polar surface area (TPSA) is 67.6 Å². The van der Waals surface area contributed by atoms with Crippen molar-refractivity contribution in [3.63, 3.8) is 0 Å². The Morgan fingerprint density at radius 1 is 1.11 bits per heavy atom. The third kappa shape index (κ3) is 3.40. The zero-order valence-electron chi connectivity index (χ0n) is 10.8. The van der Waals surface area contributed by atoms with E-state index >= 15 is 0 Å². The van der Waals surface area contributed by atoms with Crippen LogP contribution in [0.4, 0.5) is 0 Å². The molecule has 3 N–H and O–H groups in total. The number of nitrogens with one attached hydrogen (secondary N) is 1. The highest BCUT2D eigenvalue weighted by Gasteiger charge is 2.05. The van der Waals surface area contributed by atoms with Crippen LogP contribution in [0, 0.1) is 6.92 Å². The largest absolute Gasteiger partial charge is 0.330 e. The fourth-order valence-electron chi connectivity index (χ4n) is 1.85. The molecule has 0 spiro atoms. The van der Waals surface area contributed by atoms with Gasteiger partial charge in [0.25, 0.3) is 0 Å². The molecule has 1 aromatic carbocycles. The van der Waals surface area contributed by atoms with Gasteiger partial charge in [0.1, 0.15) is 5.82 Å². The van der Waals surface area contributed by atoms with Crippen LogP contribution in [0.15, 0.2) is 24.3 Å². The quantitative estimate of drug-likeness (QED) is 0.767. The Hall–Kier alpha value is -1.68. The van der Waals surface area contributed by atoms with Crippen LogP contribution in [-0.2, 0) is 6.42 Å². The lowest BCUT2D eigenvalue weighted by atomic mass is 10.1. The number of benzene rings is 1. The molecule has 2 aromatic rings. The summed E-state index contributed by atoms with van der Waals surface area (Å²) in [5.74, 6) is 1.74. The molecule has 1 heterocycles. The number of aromatic nitrogens is 3. The van der Waals surface area contributed by atoms with Gasteiger partial charge in [-0.05, 0) is 26.3 Å². The molecular weight excluding hydrogens is 224 g/mol. The summed E-state index contributed by atoms with van der Waals surface area (Å²) in [5.41, 5.74) is 7.77. The van der Waals surface area contributed by atoms with Gasteiger partial charge in [-0.3, -0.25) is 5.10 Å². The van der Waals surface area contributed by atoms with Gasteiger partial charge in [-0.25, -0.2) is 4.98 Å². The summed E-state index contributed by atoms with van der Waals surface area (Å²) in [4.78, 5) is 4.51. The van der Waals surface area contributed by atoms with Crippen molar-refractivity contribution in [2.75, 3.05) is 6.54 Å². The zero-order chi connectivity index (χ0) is 12.8. The highest BCUT2D eigenvalue weighted by Crippen LogP contribution is 2.15. The molecule has 0 aliphatic rings. The predicted octanol–water partition coefficient (Wildman–Crippen LogP) is 2.45. The van der Waals surface area contributed by atoms with E-state index in [2.05, 4.69) is 46.4 Å². The Morgan fingerprint density at radius 2 is 1.89 bits per heavy atom. The molecule has 0 bridgehead atoms. The van der Waals surface area contributed by atoms with Crippen LogP contribution in [0.2, 0.25) is 0 Å². The second kappa shape index (κ2) is 6.31. The van der Waals surface area contributed by atoms with Gasteiger partial charge in [0.05, 0.1) is 0 Å². The van der Waals surface area contributed by atoms with Gasteiger partial charge in [-0.2, -0.15) is 5.10 Å². The third-order valence-corrected chi connectivity index (χ3v) is 2.96. The monoisotopic (exact) mass is 244 g/mol. The number of nitrogens with two attached hydrogens (primary N) is 1. The van der Waals surface area contributed by atoms with Crippen molar-refractivity contribution in [3.05, 3.63) is 35.7 Å². The third-order valence-electron chi connectivity index (χ3n) is 2.96. The molecule has 18 heavy (non-hydrogen) atoms. The Kier molecular flexibility index (Phi) is 4.47. The smallest absolute Gasteiger partial charge is 0.181 e. The van der Waals surface area contributed by atoms with E-state index in [-0.39, 0.29) is 0 Å². The average Bonchev–Trinajstić information content (AvgIpc) is 2.84. The first-order valence-electron chi connectivity index (χ1n) is 6.48. The second-order valence-corrected chi connectivity index (χ2v) is 4.57. The zero-order valence-corrected chi connectivity index (χ0v) is 10.8. The van der Waals surface area contributed by atoms with Crippen LogP contribution in [0.3, 0.4) is 0 Å². The number of aromatic amines is 1. The summed E-state index contributed by atoms with van der Waals surface area (Å²) in [5, 5.41) is 7.26.